The molecule has 0 saturated heterocycles. The number of rotatable bonds is 1. The molecule has 0 aliphatic rings. The zero-order chi connectivity index (χ0) is 9.97. The van der Waals surface area contributed by atoms with Crippen LogP contribution >= 0.6 is 15.9 Å². The Morgan fingerprint density at radius 2 is 2.14 bits per heavy atom. The van der Waals surface area contributed by atoms with E-state index in [0.717, 1.165) is 5.69 Å². The number of aromatic nitrogens is 1. The van der Waals surface area contributed by atoms with Gasteiger partial charge in [-0.1, -0.05) is 0 Å². The number of hydrogen-bond donors (Lipinski definition) is 0. The molecule has 0 saturated carbocycles. The molecule has 68 valence electrons. The van der Waals surface area contributed by atoms with Crippen LogP contribution in [0.25, 0.3) is 15.0 Å². The molecule has 2 rings (SSSR count). The van der Waals surface area contributed by atoms with Crippen molar-refractivity contribution in [2.45, 2.75) is 0 Å². The molecule has 0 aliphatic carbocycles. The summed E-state index contributed by atoms with van der Waals surface area (Å²) >= 11 is 3.80. The van der Waals surface area contributed by atoms with Crippen LogP contribution in [-0.2, 0) is 0 Å². The summed E-state index contributed by atoms with van der Waals surface area (Å²) in [6.07, 6.45) is 1.62. The van der Waals surface area contributed by atoms with Crippen molar-refractivity contribution in [1.82, 2.24) is 4.98 Å². The molecule has 14 heavy (non-hydrogen) atoms. The van der Waals surface area contributed by atoms with E-state index in [4.69, 9.17) is 6.57 Å². The van der Waals surface area contributed by atoms with E-state index in [-0.39, 0.29) is 0 Å². The van der Waals surface area contributed by atoms with Gasteiger partial charge in [-0.2, -0.15) is 0 Å². The first-order chi connectivity index (χ1) is 6.79. The van der Waals surface area contributed by atoms with E-state index in [2.05, 4.69) is 37.9 Å². The third-order valence-electron chi connectivity index (χ3n) is 1.70. The van der Waals surface area contributed by atoms with Crippen LogP contribution in [-0.4, -0.2) is 19.5 Å². The van der Waals surface area contributed by atoms with E-state index in [1.165, 1.54) is 7.78 Å². The molecular weight excluding hydrogens is 307 g/mol. The van der Waals surface area contributed by atoms with E-state index >= 15 is 0 Å². The normalized spacial score (nSPS) is 9.71. The summed E-state index contributed by atoms with van der Waals surface area (Å²) in [6, 6.07) is 7.84. The minimum absolute atomic E-state index is 0.340. The van der Waals surface area contributed by atoms with Gasteiger partial charge in [-0.3, -0.25) is 0 Å². The molecule has 2 heterocycles. The molecule has 0 aromatic carbocycles. The van der Waals surface area contributed by atoms with Gasteiger partial charge in [-0.25, -0.2) is 0 Å². The molecule has 0 N–H and O–H groups in total. The fourth-order valence-corrected chi connectivity index (χ4v) is 3.57. The number of pyridine rings is 1. The van der Waals surface area contributed by atoms with Crippen molar-refractivity contribution in [3.8, 4) is 10.1 Å². The van der Waals surface area contributed by atoms with Gasteiger partial charge in [-0.05, 0) is 0 Å². The molecule has 0 radical (unpaired) electrons. The average Bonchev–Trinajstić information content (AvgIpc) is 2.65. The number of hydrogen-bond acceptors (Lipinski definition) is 1. The summed E-state index contributed by atoms with van der Waals surface area (Å²) in [5, 5.41) is 0. The summed E-state index contributed by atoms with van der Waals surface area (Å²) in [5.41, 5.74) is 1.56. The molecular formula is C10H5BrN2Se. The second-order valence-corrected chi connectivity index (χ2v) is 6.93. The Balaban J connectivity index is 2.39. The fraction of sp³-hybridized carbons (Fsp3) is 0. The predicted octanol–water partition coefficient (Wildman–Crippen LogP) is 3.12. The Hall–Kier alpha value is -0.881. The third kappa shape index (κ3) is 1.96. The molecule has 0 atom stereocenters. The zero-order valence-electron chi connectivity index (χ0n) is 7.07. The Bertz CT molecular complexity index is 482. The first-order valence-electron chi connectivity index (χ1n) is 3.89. The van der Waals surface area contributed by atoms with E-state index in [9.17, 15) is 0 Å². The van der Waals surface area contributed by atoms with Gasteiger partial charge in [0, 0.05) is 0 Å². The Morgan fingerprint density at radius 1 is 1.29 bits per heavy atom. The fourth-order valence-electron chi connectivity index (χ4n) is 1.05. The Kier molecular flexibility index (Phi) is 2.83. The van der Waals surface area contributed by atoms with E-state index < -0.39 is 0 Å². The van der Waals surface area contributed by atoms with Crippen molar-refractivity contribution < 1.29 is 0 Å². The summed E-state index contributed by atoms with van der Waals surface area (Å²) in [5.74, 6) is 0. The minimum atomic E-state index is 0.340. The first kappa shape index (κ1) is 9.67. The van der Waals surface area contributed by atoms with E-state index in [0.29, 0.717) is 20.2 Å². The topological polar surface area (TPSA) is 17.2 Å². The molecule has 2 aromatic rings. The van der Waals surface area contributed by atoms with Gasteiger partial charge in [0.05, 0.1) is 0 Å². The maximum atomic E-state index is 6.81. The van der Waals surface area contributed by atoms with Crippen LogP contribution in [0.4, 0.5) is 5.69 Å². The number of nitrogens with zero attached hydrogens (tertiary/aromatic N) is 2. The van der Waals surface area contributed by atoms with Crippen LogP contribution in [0.1, 0.15) is 0 Å². The quantitative estimate of drug-likeness (QED) is 0.584. The molecule has 0 unspecified atom stereocenters. The van der Waals surface area contributed by atoms with Crippen LogP contribution in [0.5, 0.6) is 0 Å². The van der Waals surface area contributed by atoms with Crippen molar-refractivity contribution >= 4 is 36.1 Å². The van der Waals surface area contributed by atoms with Crippen LogP contribution < -0.4 is 0 Å². The van der Waals surface area contributed by atoms with Crippen LogP contribution in [0.15, 0.2) is 33.8 Å². The Labute approximate surface area is 96.3 Å². The van der Waals surface area contributed by atoms with Crippen LogP contribution in [0.2, 0.25) is 0 Å². The summed E-state index contributed by atoms with van der Waals surface area (Å²) < 4.78 is 2.48. The molecule has 0 bridgehead atoms. The molecule has 0 spiro atoms. The van der Waals surface area contributed by atoms with Crippen molar-refractivity contribution in [2.24, 2.45) is 0 Å². The van der Waals surface area contributed by atoms with Crippen molar-refractivity contribution in [2.75, 3.05) is 0 Å². The molecule has 4 heteroatoms. The van der Waals surface area contributed by atoms with Crippen LogP contribution in [0, 0.1) is 6.57 Å². The molecule has 2 nitrogen and oxygen atoms in total. The summed E-state index contributed by atoms with van der Waals surface area (Å²) in [7, 11) is 0. The molecule has 0 amide bonds. The maximum absolute atomic E-state index is 6.81. The molecule has 0 aliphatic heterocycles. The second-order valence-electron chi connectivity index (χ2n) is 2.62. The van der Waals surface area contributed by atoms with Crippen molar-refractivity contribution in [1.29, 1.82) is 0 Å². The summed E-state index contributed by atoms with van der Waals surface area (Å²) in [6.45, 7) is 6.81. The zero-order valence-corrected chi connectivity index (χ0v) is 10.4. The van der Waals surface area contributed by atoms with Gasteiger partial charge in [0.2, 0.25) is 0 Å². The SMILES string of the molecule is [C-]#[N+]c1ccc(-c2ccc(Br)[se]2)nc1. The van der Waals surface area contributed by atoms with Gasteiger partial charge in [-0.15, -0.1) is 0 Å². The van der Waals surface area contributed by atoms with Crippen LogP contribution in [0.3, 0.4) is 0 Å². The average molecular weight is 312 g/mol. The second kappa shape index (κ2) is 4.10. The van der Waals surface area contributed by atoms with Crippen molar-refractivity contribution in [3.05, 3.63) is 45.2 Å². The molecule has 0 fully saturated rings. The molecule has 2 aromatic heterocycles. The Morgan fingerprint density at radius 3 is 2.64 bits per heavy atom. The van der Waals surface area contributed by atoms with Gasteiger partial charge < -0.3 is 0 Å². The summed E-state index contributed by atoms with van der Waals surface area (Å²) in [4.78, 5) is 7.55. The van der Waals surface area contributed by atoms with Crippen molar-refractivity contribution in [3.63, 3.8) is 0 Å². The third-order valence-corrected chi connectivity index (χ3v) is 4.69. The van der Waals surface area contributed by atoms with Gasteiger partial charge in [0.15, 0.2) is 0 Å². The first-order valence-corrected chi connectivity index (χ1v) is 6.39. The standard InChI is InChI=1S/C10H5BrN2Se/c1-12-7-2-3-8(13-6-7)9-4-5-10(11)14-9/h2-6H. The van der Waals surface area contributed by atoms with Gasteiger partial charge in [0.25, 0.3) is 0 Å². The predicted molar refractivity (Wildman–Crippen MR) is 60.6 cm³/mol. The number of halogens is 1. The van der Waals surface area contributed by atoms with E-state index in [1.54, 1.807) is 12.3 Å². The van der Waals surface area contributed by atoms with Gasteiger partial charge in [0.1, 0.15) is 0 Å². The monoisotopic (exact) mass is 312 g/mol. The van der Waals surface area contributed by atoms with Gasteiger partial charge >= 0.3 is 96.5 Å². The van der Waals surface area contributed by atoms with E-state index in [1.807, 2.05) is 6.07 Å².